The molecule has 0 radical (unpaired) electrons. The number of hydrogen-bond acceptors (Lipinski definition) is 4. The Labute approximate surface area is 171 Å². The van der Waals surface area contributed by atoms with E-state index in [9.17, 15) is 9.59 Å². The molecule has 0 atom stereocenters. The molecule has 0 N–H and O–H groups in total. The molecular weight excluding hydrogens is 352 g/mol. The van der Waals surface area contributed by atoms with Crippen LogP contribution in [0.2, 0.25) is 0 Å². The van der Waals surface area contributed by atoms with E-state index in [0.29, 0.717) is 24.4 Å². The van der Waals surface area contributed by atoms with Crippen molar-refractivity contribution in [2.24, 2.45) is 11.8 Å². The van der Waals surface area contributed by atoms with Crippen molar-refractivity contribution in [1.29, 1.82) is 0 Å². The molecule has 2 rings (SSSR count). The van der Waals surface area contributed by atoms with E-state index in [1.165, 1.54) is 12.8 Å². The van der Waals surface area contributed by atoms with Crippen molar-refractivity contribution >= 4 is 11.9 Å². The predicted molar refractivity (Wildman–Crippen MR) is 112 cm³/mol. The van der Waals surface area contributed by atoms with Crippen molar-refractivity contribution in [1.82, 2.24) is 0 Å². The number of rotatable bonds is 10. The van der Waals surface area contributed by atoms with Gasteiger partial charge < -0.3 is 9.47 Å². The Morgan fingerprint density at radius 3 is 1.32 bits per heavy atom. The summed E-state index contributed by atoms with van der Waals surface area (Å²) >= 11 is 0. The van der Waals surface area contributed by atoms with Crippen LogP contribution in [0.1, 0.15) is 104 Å². The third-order valence-electron chi connectivity index (χ3n) is 6.22. The second-order valence-electron chi connectivity index (χ2n) is 8.48. The average molecular weight is 393 g/mol. The summed E-state index contributed by atoms with van der Waals surface area (Å²) < 4.78 is 11.3. The Bertz CT molecular complexity index is 465. The lowest BCUT2D eigenvalue weighted by molar-refractivity contribution is -0.143. The summed E-state index contributed by atoms with van der Waals surface area (Å²) in [7, 11) is 0. The van der Waals surface area contributed by atoms with Gasteiger partial charge in [0.05, 0.1) is 24.4 Å². The molecule has 0 aliphatic heterocycles. The number of carbonyl (C=O) groups is 2. The summed E-state index contributed by atoms with van der Waals surface area (Å²) in [5.74, 6) is -0.209. The van der Waals surface area contributed by atoms with Crippen LogP contribution in [-0.4, -0.2) is 25.2 Å². The maximum absolute atomic E-state index is 13.1. The molecule has 28 heavy (non-hydrogen) atoms. The monoisotopic (exact) mass is 392 g/mol. The third kappa shape index (κ3) is 6.93. The van der Waals surface area contributed by atoms with E-state index in [-0.39, 0.29) is 23.8 Å². The van der Waals surface area contributed by atoms with Crippen LogP contribution < -0.4 is 0 Å². The SMILES string of the molecule is CCCCOC(=O)/C(=C(\C(=O)OCCCC)C1CCCCC1)C1CCCCC1. The summed E-state index contributed by atoms with van der Waals surface area (Å²) in [4.78, 5) is 26.3. The molecular formula is C24H40O4. The van der Waals surface area contributed by atoms with Crippen molar-refractivity contribution < 1.29 is 19.1 Å². The summed E-state index contributed by atoms with van der Waals surface area (Å²) in [6, 6.07) is 0. The topological polar surface area (TPSA) is 52.6 Å². The van der Waals surface area contributed by atoms with Gasteiger partial charge in [0.25, 0.3) is 0 Å². The molecule has 4 heteroatoms. The number of hydrogen-bond donors (Lipinski definition) is 0. The molecule has 2 fully saturated rings. The molecule has 0 amide bonds. The number of esters is 2. The molecule has 0 heterocycles. The normalized spacial score (nSPS) is 19.8. The fourth-order valence-corrected chi connectivity index (χ4v) is 4.55. The Balaban J connectivity index is 2.34. The first-order valence-electron chi connectivity index (χ1n) is 11.8. The fourth-order valence-electron chi connectivity index (χ4n) is 4.55. The Morgan fingerprint density at radius 1 is 0.643 bits per heavy atom. The van der Waals surface area contributed by atoms with Gasteiger partial charge in [-0.15, -0.1) is 0 Å². The van der Waals surface area contributed by atoms with E-state index < -0.39 is 0 Å². The number of carbonyl (C=O) groups excluding carboxylic acids is 2. The molecule has 0 aromatic rings. The highest BCUT2D eigenvalue weighted by Crippen LogP contribution is 2.38. The second-order valence-corrected chi connectivity index (χ2v) is 8.48. The zero-order valence-corrected chi connectivity index (χ0v) is 18.1. The lowest BCUT2D eigenvalue weighted by Crippen LogP contribution is -2.28. The highest BCUT2D eigenvalue weighted by Gasteiger charge is 2.35. The first-order valence-corrected chi connectivity index (χ1v) is 11.8. The zero-order valence-electron chi connectivity index (χ0n) is 18.1. The molecule has 4 nitrogen and oxygen atoms in total. The zero-order chi connectivity index (χ0) is 20.2. The van der Waals surface area contributed by atoms with E-state index in [0.717, 1.165) is 77.0 Å². The summed E-state index contributed by atoms with van der Waals surface area (Å²) in [6.45, 7) is 5.05. The largest absolute Gasteiger partial charge is 0.462 e. The lowest BCUT2D eigenvalue weighted by atomic mass is 9.75. The lowest BCUT2D eigenvalue weighted by Gasteiger charge is -2.30. The molecule has 2 aliphatic carbocycles. The second kappa shape index (κ2) is 13.0. The highest BCUT2D eigenvalue weighted by atomic mass is 16.5. The maximum Gasteiger partial charge on any atom is 0.334 e. The van der Waals surface area contributed by atoms with E-state index in [2.05, 4.69) is 13.8 Å². The summed E-state index contributed by atoms with van der Waals surface area (Å²) in [5, 5.41) is 0. The van der Waals surface area contributed by atoms with Gasteiger partial charge in [0, 0.05) is 0 Å². The van der Waals surface area contributed by atoms with Crippen molar-refractivity contribution in [2.75, 3.05) is 13.2 Å². The van der Waals surface area contributed by atoms with Gasteiger partial charge in [0.2, 0.25) is 0 Å². The van der Waals surface area contributed by atoms with E-state index >= 15 is 0 Å². The van der Waals surface area contributed by atoms with Crippen molar-refractivity contribution in [2.45, 2.75) is 104 Å². The molecule has 0 aromatic carbocycles. The molecule has 0 unspecified atom stereocenters. The van der Waals surface area contributed by atoms with Gasteiger partial charge in [-0.2, -0.15) is 0 Å². The van der Waals surface area contributed by atoms with Crippen LogP contribution >= 0.6 is 0 Å². The van der Waals surface area contributed by atoms with Gasteiger partial charge in [-0.1, -0.05) is 65.2 Å². The van der Waals surface area contributed by atoms with Crippen LogP contribution in [0.15, 0.2) is 11.1 Å². The van der Waals surface area contributed by atoms with E-state index in [4.69, 9.17) is 9.47 Å². The van der Waals surface area contributed by atoms with Crippen LogP contribution in [0.4, 0.5) is 0 Å². The van der Waals surface area contributed by atoms with Gasteiger partial charge in [0.15, 0.2) is 0 Å². The van der Waals surface area contributed by atoms with Gasteiger partial charge >= 0.3 is 11.9 Å². The Kier molecular flexibility index (Phi) is 10.7. The van der Waals surface area contributed by atoms with Gasteiger partial charge in [-0.25, -0.2) is 9.59 Å². The van der Waals surface area contributed by atoms with Crippen LogP contribution in [0.25, 0.3) is 0 Å². The first-order chi connectivity index (χ1) is 13.7. The van der Waals surface area contributed by atoms with Gasteiger partial charge in [0.1, 0.15) is 0 Å². The quantitative estimate of drug-likeness (QED) is 0.255. The van der Waals surface area contributed by atoms with Crippen molar-refractivity contribution in [3.05, 3.63) is 11.1 Å². The average Bonchev–Trinajstić information content (AvgIpc) is 2.73. The van der Waals surface area contributed by atoms with E-state index in [1.807, 2.05) is 0 Å². The molecule has 0 bridgehead atoms. The fraction of sp³-hybridized carbons (Fsp3) is 0.833. The molecule has 0 saturated heterocycles. The minimum atomic E-state index is -0.256. The number of ether oxygens (including phenoxy) is 2. The van der Waals surface area contributed by atoms with Gasteiger partial charge in [-0.3, -0.25) is 0 Å². The highest BCUT2D eigenvalue weighted by molar-refractivity contribution is 6.01. The molecule has 160 valence electrons. The van der Waals surface area contributed by atoms with Crippen LogP contribution in [0, 0.1) is 11.8 Å². The molecule has 2 aliphatic rings. The third-order valence-corrected chi connectivity index (χ3v) is 6.22. The Hall–Kier alpha value is -1.32. The minimum absolute atomic E-state index is 0.151. The standard InChI is InChI=1S/C24H40O4/c1-3-5-17-27-23(25)21(19-13-9-7-10-14-19)22(20-15-11-8-12-16-20)24(26)28-18-6-4-2/h19-20H,3-18H2,1-2H3/b22-21-. The molecule has 2 saturated carbocycles. The van der Waals surface area contributed by atoms with E-state index in [1.54, 1.807) is 0 Å². The Morgan fingerprint density at radius 2 is 1.00 bits per heavy atom. The van der Waals surface area contributed by atoms with Crippen molar-refractivity contribution in [3.63, 3.8) is 0 Å². The predicted octanol–water partition coefficient (Wildman–Crippen LogP) is 6.13. The smallest absolute Gasteiger partial charge is 0.334 e. The summed E-state index contributed by atoms with van der Waals surface area (Å²) in [5.41, 5.74) is 1.34. The summed E-state index contributed by atoms with van der Waals surface area (Å²) in [6.07, 6.45) is 14.6. The number of unbranched alkanes of at least 4 members (excludes halogenated alkanes) is 2. The maximum atomic E-state index is 13.1. The van der Waals surface area contributed by atoms with Crippen LogP contribution in [-0.2, 0) is 19.1 Å². The van der Waals surface area contributed by atoms with Crippen molar-refractivity contribution in [3.8, 4) is 0 Å². The van der Waals surface area contributed by atoms with Crippen LogP contribution in [0.3, 0.4) is 0 Å². The minimum Gasteiger partial charge on any atom is -0.462 e. The van der Waals surface area contributed by atoms with Crippen LogP contribution in [0.5, 0.6) is 0 Å². The molecule has 0 spiro atoms. The van der Waals surface area contributed by atoms with Gasteiger partial charge in [-0.05, 0) is 50.4 Å². The molecule has 0 aromatic heterocycles. The first kappa shape index (κ1) is 23.0.